The number of aromatic nitrogens is 5. The van der Waals surface area contributed by atoms with Crippen LogP contribution in [0.5, 0.6) is 5.75 Å². The van der Waals surface area contributed by atoms with Crippen LogP contribution in [0.25, 0.3) is 33.6 Å². The largest absolute Gasteiger partial charge is 0.497 e. The fraction of sp³-hybridized carbons (Fsp3) is 0.172. The summed E-state index contributed by atoms with van der Waals surface area (Å²) in [5.74, 6) is 1.76. The summed E-state index contributed by atoms with van der Waals surface area (Å²) in [4.78, 5) is 26.2. The minimum Gasteiger partial charge on any atom is -0.497 e. The van der Waals surface area contributed by atoms with Crippen LogP contribution in [0.2, 0.25) is 0 Å². The Morgan fingerprint density at radius 3 is 2.51 bits per heavy atom. The Labute approximate surface area is 213 Å². The molecule has 0 saturated heterocycles. The summed E-state index contributed by atoms with van der Waals surface area (Å²) >= 11 is 0. The molecule has 6 rings (SSSR count). The number of ether oxygens (including phenoxy) is 1. The van der Waals surface area contributed by atoms with E-state index in [-0.39, 0.29) is 5.56 Å². The van der Waals surface area contributed by atoms with E-state index in [4.69, 9.17) is 9.84 Å². The lowest BCUT2D eigenvalue weighted by Gasteiger charge is -2.15. The van der Waals surface area contributed by atoms with Crippen molar-refractivity contribution < 1.29 is 4.74 Å². The Morgan fingerprint density at radius 2 is 1.81 bits per heavy atom. The van der Waals surface area contributed by atoms with Gasteiger partial charge in [0.2, 0.25) is 0 Å². The van der Waals surface area contributed by atoms with E-state index in [2.05, 4.69) is 26.3 Å². The molecule has 5 aromatic rings. The van der Waals surface area contributed by atoms with Gasteiger partial charge in [0.15, 0.2) is 0 Å². The first-order chi connectivity index (χ1) is 18.2. The van der Waals surface area contributed by atoms with Gasteiger partial charge in [0.25, 0.3) is 5.56 Å². The molecule has 1 aliphatic carbocycles. The fourth-order valence-electron chi connectivity index (χ4n) is 4.85. The standard InChI is InChI=1S/C29H26N6O2/c1-37-22-14-12-20(13-15-22)25-27(32-23-18-30-16-17-31-23)33-28-24(19-8-4-2-5-9-19)26(34-35(28)29(25)36)21-10-6-3-7-11-21/h3,6-8,10-18,33H,2,4-5,9H2,1H3,(H,31,32). The minimum atomic E-state index is -0.231. The molecule has 2 N–H and O–H groups in total. The first-order valence-corrected chi connectivity index (χ1v) is 12.3. The maximum Gasteiger partial charge on any atom is 0.284 e. The summed E-state index contributed by atoms with van der Waals surface area (Å²) < 4.78 is 6.82. The molecule has 37 heavy (non-hydrogen) atoms. The van der Waals surface area contributed by atoms with Crippen molar-refractivity contribution >= 4 is 22.9 Å². The second kappa shape index (κ2) is 9.73. The zero-order chi connectivity index (χ0) is 25.2. The van der Waals surface area contributed by atoms with Gasteiger partial charge in [-0.1, -0.05) is 48.5 Å². The lowest BCUT2D eigenvalue weighted by atomic mass is 9.92. The van der Waals surface area contributed by atoms with Crippen molar-refractivity contribution in [3.05, 3.63) is 95.2 Å². The predicted octanol–water partition coefficient (Wildman–Crippen LogP) is 5.86. The molecule has 0 atom stereocenters. The van der Waals surface area contributed by atoms with Crippen LogP contribution in [0.4, 0.5) is 11.6 Å². The smallest absolute Gasteiger partial charge is 0.284 e. The first kappa shape index (κ1) is 22.7. The van der Waals surface area contributed by atoms with E-state index < -0.39 is 0 Å². The van der Waals surface area contributed by atoms with E-state index in [1.807, 2.05) is 54.6 Å². The summed E-state index contributed by atoms with van der Waals surface area (Å²) in [5, 5.41) is 8.17. The van der Waals surface area contributed by atoms with Gasteiger partial charge >= 0.3 is 0 Å². The van der Waals surface area contributed by atoms with Gasteiger partial charge < -0.3 is 15.0 Å². The number of rotatable bonds is 6. The molecule has 1 aliphatic rings. The van der Waals surface area contributed by atoms with Gasteiger partial charge in [-0.3, -0.25) is 9.78 Å². The third kappa shape index (κ3) is 4.27. The second-order valence-electron chi connectivity index (χ2n) is 8.95. The summed E-state index contributed by atoms with van der Waals surface area (Å²) in [5.41, 5.74) is 5.53. The van der Waals surface area contributed by atoms with E-state index in [1.165, 1.54) is 16.5 Å². The molecule has 3 aromatic heterocycles. The number of anilines is 2. The zero-order valence-electron chi connectivity index (χ0n) is 20.4. The third-order valence-electron chi connectivity index (χ3n) is 6.64. The Bertz CT molecular complexity index is 1640. The number of hydrogen-bond donors (Lipinski definition) is 2. The van der Waals surface area contributed by atoms with Crippen LogP contribution in [0, 0.1) is 0 Å². The van der Waals surface area contributed by atoms with Crippen LogP contribution in [0.15, 0.2) is 84.1 Å². The van der Waals surface area contributed by atoms with Crippen LogP contribution < -0.4 is 15.6 Å². The Balaban J connectivity index is 1.65. The quantitative estimate of drug-likeness (QED) is 0.310. The molecular formula is C29H26N6O2. The number of fused-ring (bicyclic) bond motifs is 1. The van der Waals surface area contributed by atoms with Gasteiger partial charge in [-0.15, -0.1) is 0 Å². The maximum atomic E-state index is 14.1. The van der Waals surface area contributed by atoms with Crippen molar-refractivity contribution in [1.29, 1.82) is 0 Å². The van der Waals surface area contributed by atoms with Crippen molar-refractivity contribution in [2.75, 3.05) is 12.4 Å². The monoisotopic (exact) mass is 490 g/mol. The van der Waals surface area contributed by atoms with Crippen molar-refractivity contribution in [2.45, 2.75) is 25.7 Å². The number of methoxy groups -OCH3 is 1. The molecule has 2 aromatic carbocycles. The molecular weight excluding hydrogens is 464 g/mol. The van der Waals surface area contributed by atoms with E-state index in [9.17, 15) is 4.79 Å². The highest BCUT2D eigenvalue weighted by Gasteiger charge is 2.24. The molecule has 8 heteroatoms. The lowest BCUT2D eigenvalue weighted by molar-refractivity contribution is 0.415. The van der Waals surface area contributed by atoms with Crippen molar-refractivity contribution in [3.8, 4) is 28.1 Å². The van der Waals surface area contributed by atoms with Crippen molar-refractivity contribution in [1.82, 2.24) is 24.6 Å². The molecule has 8 nitrogen and oxygen atoms in total. The zero-order valence-corrected chi connectivity index (χ0v) is 20.4. The first-order valence-electron chi connectivity index (χ1n) is 12.3. The maximum absolute atomic E-state index is 14.1. The number of nitrogens with one attached hydrogen (secondary N) is 2. The average molecular weight is 491 g/mol. The minimum absolute atomic E-state index is 0.231. The van der Waals surface area contributed by atoms with Crippen molar-refractivity contribution in [2.24, 2.45) is 0 Å². The van der Waals surface area contributed by atoms with Gasteiger partial charge in [-0.2, -0.15) is 9.61 Å². The SMILES string of the molecule is COc1ccc(-c2c(Nc3cnccn3)[nH]c3c(C4=CCCCC4)c(-c4ccccc4)nn3c2=O)cc1. The number of benzene rings is 2. The van der Waals surface area contributed by atoms with E-state index in [0.717, 1.165) is 41.6 Å². The summed E-state index contributed by atoms with van der Waals surface area (Å²) in [6.45, 7) is 0. The molecule has 0 amide bonds. The highest BCUT2D eigenvalue weighted by molar-refractivity contribution is 5.89. The molecule has 0 saturated carbocycles. The van der Waals surface area contributed by atoms with E-state index >= 15 is 0 Å². The Hall–Kier alpha value is -4.72. The lowest BCUT2D eigenvalue weighted by Crippen LogP contribution is -2.20. The topological polar surface area (TPSA) is 97.2 Å². The predicted molar refractivity (Wildman–Crippen MR) is 145 cm³/mol. The molecule has 0 fully saturated rings. The molecule has 0 aliphatic heterocycles. The highest BCUT2D eigenvalue weighted by atomic mass is 16.5. The number of H-pyrrole nitrogens is 1. The highest BCUT2D eigenvalue weighted by Crippen LogP contribution is 2.37. The van der Waals surface area contributed by atoms with Gasteiger partial charge in [-0.25, -0.2) is 4.98 Å². The summed E-state index contributed by atoms with van der Waals surface area (Å²) in [6, 6.07) is 17.4. The van der Waals surface area contributed by atoms with Gasteiger partial charge in [0, 0.05) is 23.5 Å². The van der Waals surface area contributed by atoms with Crippen LogP contribution in [-0.2, 0) is 0 Å². The number of aromatic amines is 1. The van der Waals surface area contributed by atoms with E-state index in [1.54, 1.807) is 25.7 Å². The number of nitrogens with zero attached hydrogens (tertiary/aromatic N) is 4. The van der Waals surface area contributed by atoms with Crippen LogP contribution >= 0.6 is 0 Å². The molecule has 0 bridgehead atoms. The van der Waals surface area contributed by atoms with E-state index in [0.29, 0.717) is 28.6 Å². The second-order valence-corrected chi connectivity index (χ2v) is 8.95. The van der Waals surface area contributed by atoms with Crippen LogP contribution in [-0.4, -0.2) is 31.7 Å². The Morgan fingerprint density at radius 1 is 0.973 bits per heavy atom. The number of hydrogen-bond acceptors (Lipinski definition) is 6. The molecule has 0 unspecified atom stereocenters. The molecule has 0 spiro atoms. The van der Waals surface area contributed by atoms with Gasteiger partial charge in [0.05, 0.1) is 18.9 Å². The molecule has 3 heterocycles. The third-order valence-corrected chi connectivity index (χ3v) is 6.64. The molecule has 184 valence electrons. The van der Waals surface area contributed by atoms with Gasteiger partial charge in [-0.05, 0) is 49.0 Å². The van der Waals surface area contributed by atoms with Gasteiger partial charge in [0.1, 0.15) is 28.7 Å². The fourth-order valence-corrected chi connectivity index (χ4v) is 4.85. The summed E-state index contributed by atoms with van der Waals surface area (Å²) in [6.07, 6.45) is 11.3. The summed E-state index contributed by atoms with van der Waals surface area (Å²) in [7, 11) is 1.62. The Kier molecular flexibility index (Phi) is 5.98. The van der Waals surface area contributed by atoms with Crippen LogP contribution in [0.3, 0.4) is 0 Å². The van der Waals surface area contributed by atoms with Crippen LogP contribution in [0.1, 0.15) is 31.2 Å². The van der Waals surface area contributed by atoms with Crippen molar-refractivity contribution in [3.63, 3.8) is 0 Å². The normalized spacial score (nSPS) is 13.4. The average Bonchev–Trinajstić information content (AvgIpc) is 3.35. The molecule has 0 radical (unpaired) electrons. The number of allylic oxidation sites excluding steroid dienone is 2.